The van der Waals surface area contributed by atoms with Gasteiger partial charge >= 0.3 is 0 Å². The lowest BCUT2D eigenvalue weighted by molar-refractivity contribution is 1.25. The molecule has 1 aliphatic heterocycles. The van der Waals surface area contributed by atoms with Gasteiger partial charge in [-0.15, -0.1) is 0 Å². The van der Waals surface area contributed by atoms with E-state index in [-0.39, 0.29) is 0 Å². The van der Waals surface area contributed by atoms with Crippen molar-refractivity contribution in [2.75, 3.05) is 0 Å². The second-order valence-corrected chi connectivity index (χ2v) is 2.76. The van der Waals surface area contributed by atoms with Crippen molar-refractivity contribution < 1.29 is 0 Å². The van der Waals surface area contributed by atoms with Gasteiger partial charge in [-0.05, 0) is 18.2 Å². The number of rotatable bonds is 1. The second kappa shape index (κ2) is 10.8. The van der Waals surface area contributed by atoms with Gasteiger partial charge < -0.3 is 0 Å². The van der Waals surface area contributed by atoms with Crippen LogP contribution in [0.5, 0.6) is 0 Å². The lowest BCUT2D eigenvalue weighted by Gasteiger charge is -1.99. The van der Waals surface area contributed by atoms with E-state index in [1.807, 2.05) is 58.0 Å². The summed E-state index contributed by atoms with van der Waals surface area (Å²) in [6, 6.07) is 5.86. The Morgan fingerprint density at radius 1 is 1.00 bits per heavy atom. The van der Waals surface area contributed by atoms with Gasteiger partial charge in [-0.1, -0.05) is 45.9 Å². The van der Waals surface area contributed by atoms with E-state index >= 15 is 0 Å². The lowest BCUT2D eigenvalue weighted by Crippen LogP contribution is -2.00. The summed E-state index contributed by atoms with van der Waals surface area (Å²) in [6.07, 6.45) is 10.4. The van der Waals surface area contributed by atoms with Crippen LogP contribution in [0.2, 0.25) is 0 Å². The molecule has 1 aromatic heterocycles. The predicted octanol–water partition coefficient (Wildman–Crippen LogP) is 4.40. The third-order valence-electron chi connectivity index (χ3n) is 1.84. The van der Waals surface area contributed by atoms with E-state index in [4.69, 9.17) is 0 Å². The van der Waals surface area contributed by atoms with Gasteiger partial charge in [0.15, 0.2) is 0 Å². The number of hydrogen-bond donors (Lipinski definition) is 0. The Morgan fingerprint density at radius 2 is 1.76 bits per heavy atom. The molecule has 17 heavy (non-hydrogen) atoms. The van der Waals surface area contributed by atoms with Crippen LogP contribution in [-0.4, -0.2) is 10.7 Å². The maximum absolute atomic E-state index is 4.30. The number of pyridine rings is 1. The molecule has 1 aromatic rings. The number of aromatic nitrogens is 1. The molecule has 0 amide bonds. The maximum Gasteiger partial charge on any atom is 0.0847 e. The SMILES string of the molecule is C1=CCC(c2ccccn2)=NC=C1.CC.CC. The summed E-state index contributed by atoms with van der Waals surface area (Å²) in [5, 5.41) is 0. The van der Waals surface area contributed by atoms with Gasteiger partial charge in [0.25, 0.3) is 0 Å². The summed E-state index contributed by atoms with van der Waals surface area (Å²) in [5.74, 6) is 0. The highest BCUT2D eigenvalue weighted by Gasteiger charge is 2.01. The molecule has 0 radical (unpaired) electrons. The molecule has 0 N–H and O–H groups in total. The third kappa shape index (κ3) is 5.81. The van der Waals surface area contributed by atoms with Gasteiger partial charge in [0.1, 0.15) is 0 Å². The van der Waals surface area contributed by atoms with E-state index in [9.17, 15) is 0 Å². The van der Waals surface area contributed by atoms with Crippen LogP contribution in [0.15, 0.2) is 53.8 Å². The molecule has 0 fully saturated rings. The fourth-order valence-corrected chi connectivity index (χ4v) is 1.20. The first-order valence-corrected chi connectivity index (χ1v) is 6.26. The normalized spacial score (nSPS) is 12.4. The van der Waals surface area contributed by atoms with Crippen molar-refractivity contribution in [3.05, 3.63) is 54.5 Å². The third-order valence-corrected chi connectivity index (χ3v) is 1.84. The van der Waals surface area contributed by atoms with Crippen molar-refractivity contribution in [1.82, 2.24) is 4.98 Å². The molecular formula is C15H22N2. The van der Waals surface area contributed by atoms with Crippen molar-refractivity contribution in [2.45, 2.75) is 34.1 Å². The average molecular weight is 230 g/mol. The van der Waals surface area contributed by atoms with E-state index in [0.717, 1.165) is 17.8 Å². The van der Waals surface area contributed by atoms with Gasteiger partial charge in [0.2, 0.25) is 0 Å². The summed E-state index contributed by atoms with van der Waals surface area (Å²) < 4.78 is 0. The molecule has 0 saturated carbocycles. The Balaban J connectivity index is 0.000000581. The molecule has 0 spiro atoms. The first kappa shape index (κ1) is 15.3. The van der Waals surface area contributed by atoms with Gasteiger partial charge in [-0.25, -0.2) is 0 Å². The van der Waals surface area contributed by atoms with Gasteiger partial charge in [-0.2, -0.15) is 0 Å². The Labute approximate surface area is 105 Å². The smallest absolute Gasteiger partial charge is 0.0847 e. The van der Waals surface area contributed by atoms with Crippen LogP contribution in [0, 0.1) is 0 Å². The molecule has 0 aliphatic carbocycles. The van der Waals surface area contributed by atoms with Crippen molar-refractivity contribution in [2.24, 2.45) is 4.99 Å². The molecule has 2 heterocycles. The highest BCUT2D eigenvalue weighted by Crippen LogP contribution is 2.05. The van der Waals surface area contributed by atoms with E-state index in [2.05, 4.69) is 16.1 Å². The quantitative estimate of drug-likeness (QED) is 0.702. The summed E-state index contributed by atoms with van der Waals surface area (Å²) in [5.41, 5.74) is 1.98. The van der Waals surface area contributed by atoms with Crippen LogP contribution in [-0.2, 0) is 0 Å². The average Bonchev–Trinajstić information content (AvgIpc) is 2.73. The lowest BCUT2D eigenvalue weighted by atomic mass is 10.2. The highest BCUT2D eigenvalue weighted by molar-refractivity contribution is 6.00. The minimum atomic E-state index is 0.851. The number of nitrogens with zero attached hydrogens (tertiary/aromatic N) is 2. The molecule has 2 heteroatoms. The molecule has 0 bridgehead atoms. The summed E-state index contributed by atoms with van der Waals surface area (Å²) >= 11 is 0. The van der Waals surface area contributed by atoms with E-state index in [1.54, 1.807) is 12.4 Å². The van der Waals surface area contributed by atoms with Crippen LogP contribution in [0.3, 0.4) is 0 Å². The fraction of sp³-hybridized carbons (Fsp3) is 0.333. The largest absolute Gasteiger partial charge is 0.259 e. The van der Waals surface area contributed by atoms with Gasteiger partial charge in [0.05, 0.1) is 11.4 Å². The van der Waals surface area contributed by atoms with Gasteiger partial charge in [0, 0.05) is 18.8 Å². The first-order chi connectivity index (χ1) is 8.47. The second-order valence-electron chi connectivity index (χ2n) is 2.76. The Bertz CT molecular complexity index is 362. The number of aliphatic imine (C=N–C) groups is 1. The zero-order valence-corrected chi connectivity index (χ0v) is 11.2. The van der Waals surface area contributed by atoms with Crippen LogP contribution in [0.25, 0.3) is 0 Å². The van der Waals surface area contributed by atoms with Crippen molar-refractivity contribution >= 4 is 5.71 Å². The fourth-order valence-electron chi connectivity index (χ4n) is 1.20. The standard InChI is InChI=1S/C11H10N2.2C2H6/c1-2-6-10(12-8-4-1)11-7-3-5-9-13-11;2*1-2/h1-5,7-9H,6H2;2*1-2H3. The molecule has 0 unspecified atom stereocenters. The first-order valence-electron chi connectivity index (χ1n) is 6.26. The zero-order chi connectivity index (χ0) is 12.9. The Kier molecular flexibility index (Phi) is 9.73. The molecule has 0 saturated heterocycles. The molecule has 2 nitrogen and oxygen atoms in total. The Hall–Kier alpha value is -1.70. The van der Waals surface area contributed by atoms with Crippen molar-refractivity contribution in [1.29, 1.82) is 0 Å². The molecule has 92 valence electrons. The number of hydrogen-bond acceptors (Lipinski definition) is 2. The van der Waals surface area contributed by atoms with E-state index < -0.39 is 0 Å². The monoisotopic (exact) mass is 230 g/mol. The minimum absolute atomic E-state index is 0.851. The molecule has 2 rings (SSSR count). The van der Waals surface area contributed by atoms with Crippen LogP contribution in [0.1, 0.15) is 39.8 Å². The minimum Gasteiger partial charge on any atom is -0.259 e. The van der Waals surface area contributed by atoms with Crippen LogP contribution < -0.4 is 0 Å². The zero-order valence-electron chi connectivity index (χ0n) is 11.2. The summed E-state index contributed by atoms with van der Waals surface area (Å²) in [4.78, 5) is 8.55. The molecule has 1 aliphatic rings. The van der Waals surface area contributed by atoms with Crippen LogP contribution >= 0.6 is 0 Å². The summed E-state index contributed by atoms with van der Waals surface area (Å²) in [6.45, 7) is 8.00. The maximum atomic E-state index is 4.30. The highest BCUT2D eigenvalue weighted by atomic mass is 14.8. The van der Waals surface area contributed by atoms with Gasteiger partial charge in [-0.3, -0.25) is 9.98 Å². The van der Waals surface area contributed by atoms with Crippen molar-refractivity contribution in [3.8, 4) is 0 Å². The van der Waals surface area contributed by atoms with E-state index in [0.29, 0.717) is 0 Å². The molecule has 0 aromatic carbocycles. The van der Waals surface area contributed by atoms with Crippen LogP contribution in [0.4, 0.5) is 0 Å². The molecular weight excluding hydrogens is 208 g/mol. The Morgan fingerprint density at radius 3 is 2.41 bits per heavy atom. The van der Waals surface area contributed by atoms with Crippen molar-refractivity contribution in [3.63, 3.8) is 0 Å². The number of allylic oxidation sites excluding steroid dienone is 3. The topological polar surface area (TPSA) is 25.2 Å². The molecule has 0 atom stereocenters. The van der Waals surface area contributed by atoms with E-state index in [1.165, 1.54) is 0 Å². The summed E-state index contributed by atoms with van der Waals surface area (Å²) in [7, 11) is 0. The predicted molar refractivity (Wildman–Crippen MR) is 76.4 cm³/mol.